The maximum absolute atomic E-state index is 12.7. The van der Waals surface area contributed by atoms with E-state index in [-0.39, 0.29) is 24.0 Å². The van der Waals surface area contributed by atoms with E-state index in [1.165, 1.54) is 24.2 Å². The number of piperidine rings is 1. The highest BCUT2D eigenvalue weighted by molar-refractivity contribution is 14.0. The number of hydrogen-bond acceptors (Lipinski definition) is 4. The smallest absolute Gasteiger partial charge is 0.252 e. The zero-order valence-corrected chi connectivity index (χ0v) is 18.5. The lowest BCUT2D eigenvalue weighted by Gasteiger charge is -2.25. The molecular weight excluding hydrogens is 471 g/mol. The van der Waals surface area contributed by atoms with Gasteiger partial charge in [-0.3, -0.25) is 0 Å². The van der Waals surface area contributed by atoms with E-state index in [1.54, 1.807) is 10.4 Å². The van der Waals surface area contributed by atoms with E-state index in [2.05, 4.69) is 15.6 Å². The molecule has 2 fully saturated rings. The van der Waals surface area contributed by atoms with Gasteiger partial charge in [0.1, 0.15) is 4.21 Å². The minimum Gasteiger partial charge on any atom is -0.357 e. The normalized spacial score (nSPS) is 19.3. The fraction of sp³-hybridized carbons (Fsp3) is 0.688. The zero-order chi connectivity index (χ0) is 17.0. The minimum absolute atomic E-state index is 0. The van der Waals surface area contributed by atoms with Gasteiger partial charge >= 0.3 is 0 Å². The summed E-state index contributed by atoms with van der Waals surface area (Å²) in [5.74, 6) is 0.814. The molecule has 0 unspecified atom stereocenters. The van der Waals surface area contributed by atoms with Crippen molar-refractivity contribution >= 4 is 51.3 Å². The van der Waals surface area contributed by atoms with Crippen LogP contribution in [0.25, 0.3) is 0 Å². The Kier molecular flexibility index (Phi) is 7.96. The summed E-state index contributed by atoms with van der Waals surface area (Å²) < 4.78 is 27.4. The predicted molar refractivity (Wildman–Crippen MR) is 113 cm³/mol. The predicted octanol–water partition coefficient (Wildman–Crippen LogP) is 2.76. The molecule has 1 saturated carbocycles. The quantitative estimate of drug-likeness (QED) is 0.360. The van der Waals surface area contributed by atoms with Crippen molar-refractivity contribution in [2.45, 2.75) is 55.8 Å². The van der Waals surface area contributed by atoms with Crippen molar-refractivity contribution in [1.29, 1.82) is 0 Å². The molecule has 3 rings (SSSR count). The molecule has 1 aliphatic carbocycles. The maximum atomic E-state index is 12.7. The largest absolute Gasteiger partial charge is 0.357 e. The molecule has 2 N–H and O–H groups in total. The van der Waals surface area contributed by atoms with E-state index in [0.717, 1.165) is 36.6 Å². The molecule has 2 heterocycles. The third-order valence-electron chi connectivity index (χ3n) is 4.20. The molecule has 9 heteroatoms. The van der Waals surface area contributed by atoms with Crippen molar-refractivity contribution in [3.63, 3.8) is 0 Å². The van der Waals surface area contributed by atoms with E-state index in [9.17, 15) is 8.42 Å². The van der Waals surface area contributed by atoms with E-state index in [1.807, 2.05) is 13.0 Å². The molecule has 25 heavy (non-hydrogen) atoms. The van der Waals surface area contributed by atoms with Gasteiger partial charge < -0.3 is 10.6 Å². The zero-order valence-electron chi connectivity index (χ0n) is 14.5. The van der Waals surface area contributed by atoms with E-state index >= 15 is 0 Å². The number of thiophene rings is 1. The van der Waals surface area contributed by atoms with Crippen LogP contribution in [0, 0.1) is 0 Å². The molecule has 1 aliphatic heterocycles. The van der Waals surface area contributed by atoms with Crippen molar-refractivity contribution in [3.05, 3.63) is 17.0 Å². The van der Waals surface area contributed by atoms with Crippen LogP contribution in [-0.4, -0.2) is 44.4 Å². The van der Waals surface area contributed by atoms with Crippen molar-refractivity contribution < 1.29 is 8.42 Å². The van der Waals surface area contributed by atoms with Crippen LogP contribution in [0.4, 0.5) is 0 Å². The number of guanidine groups is 1. The molecule has 1 aromatic rings. The van der Waals surface area contributed by atoms with Gasteiger partial charge in [-0.15, -0.1) is 35.3 Å². The Morgan fingerprint density at radius 3 is 2.64 bits per heavy atom. The van der Waals surface area contributed by atoms with Gasteiger partial charge in [0.15, 0.2) is 5.96 Å². The van der Waals surface area contributed by atoms with Crippen LogP contribution in [0.5, 0.6) is 0 Å². The summed E-state index contributed by atoms with van der Waals surface area (Å²) in [4.78, 5) is 5.54. The summed E-state index contributed by atoms with van der Waals surface area (Å²) in [6.45, 7) is 4.64. The van der Waals surface area contributed by atoms with Crippen LogP contribution in [-0.2, 0) is 16.6 Å². The summed E-state index contributed by atoms with van der Waals surface area (Å²) in [5.41, 5.74) is 0. The number of nitrogens with zero attached hydrogens (tertiary/aromatic N) is 2. The van der Waals surface area contributed by atoms with Gasteiger partial charge in [-0.1, -0.05) is 6.42 Å². The highest BCUT2D eigenvalue weighted by atomic mass is 127. The molecule has 0 spiro atoms. The Labute approximate surface area is 171 Å². The summed E-state index contributed by atoms with van der Waals surface area (Å²) in [6.07, 6.45) is 5.43. The standard InChI is InChI=1S/C16H26N4O2S2.HI/c1-2-17-16(19-13-6-7-13)18-12-14-8-9-15(23-14)24(21,22)20-10-4-3-5-11-20;/h8-9,13H,2-7,10-12H2,1H3,(H2,17,18,19);1H. The molecular formula is C16H27IN4O2S2. The third kappa shape index (κ3) is 5.80. The molecule has 0 radical (unpaired) electrons. The van der Waals surface area contributed by atoms with Crippen LogP contribution >= 0.6 is 35.3 Å². The Hall–Kier alpha value is -0.390. The molecule has 6 nitrogen and oxygen atoms in total. The number of hydrogen-bond donors (Lipinski definition) is 2. The molecule has 0 bridgehead atoms. The molecule has 0 atom stereocenters. The topological polar surface area (TPSA) is 73.8 Å². The van der Waals surface area contributed by atoms with Crippen LogP contribution < -0.4 is 10.6 Å². The van der Waals surface area contributed by atoms with Gasteiger partial charge in [0.25, 0.3) is 10.0 Å². The number of sulfonamides is 1. The number of aliphatic imine (C=N–C) groups is 1. The van der Waals surface area contributed by atoms with Crippen molar-refractivity contribution in [2.75, 3.05) is 19.6 Å². The van der Waals surface area contributed by atoms with Gasteiger partial charge in [0, 0.05) is 30.6 Å². The molecule has 2 aliphatic rings. The van der Waals surface area contributed by atoms with Gasteiger partial charge in [-0.2, -0.15) is 4.31 Å². The van der Waals surface area contributed by atoms with Gasteiger partial charge in [0.05, 0.1) is 6.54 Å². The molecule has 142 valence electrons. The minimum atomic E-state index is -3.33. The Balaban J connectivity index is 0.00000225. The highest BCUT2D eigenvalue weighted by Gasteiger charge is 2.27. The lowest BCUT2D eigenvalue weighted by molar-refractivity contribution is 0.347. The van der Waals surface area contributed by atoms with Gasteiger partial charge in [-0.05, 0) is 44.7 Å². The number of rotatable bonds is 6. The van der Waals surface area contributed by atoms with Crippen LogP contribution in [0.1, 0.15) is 43.9 Å². The fourth-order valence-electron chi connectivity index (χ4n) is 2.71. The second kappa shape index (κ2) is 9.52. The van der Waals surface area contributed by atoms with Gasteiger partial charge in [-0.25, -0.2) is 13.4 Å². The molecule has 1 saturated heterocycles. The highest BCUT2D eigenvalue weighted by Crippen LogP contribution is 2.27. The second-order valence-corrected chi connectivity index (χ2v) is 9.63. The Morgan fingerprint density at radius 1 is 1.28 bits per heavy atom. The summed E-state index contributed by atoms with van der Waals surface area (Å²) in [6, 6.07) is 4.15. The Morgan fingerprint density at radius 2 is 2.00 bits per heavy atom. The third-order valence-corrected chi connectivity index (χ3v) is 7.64. The van der Waals surface area contributed by atoms with Gasteiger partial charge in [0.2, 0.25) is 0 Å². The second-order valence-electron chi connectivity index (χ2n) is 6.30. The SMILES string of the molecule is CCNC(=NCc1ccc(S(=O)(=O)N2CCCCC2)s1)NC1CC1.I. The molecule has 0 amide bonds. The number of halogens is 1. The lowest BCUT2D eigenvalue weighted by atomic mass is 10.2. The summed E-state index contributed by atoms with van der Waals surface area (Å²) >= 11 is 1.34. The van der Waals surface area contributed by atoms with Crippen LogP contribution in [0.15, 0.2) is 21.3 Å². The average Bonchev–Trinajstić information content (AvgIpc) is 3.27. The van der Waals surface area contributed by atoms with Crippen molar-refractivity contribution in [2.24, 2.45) is 4.99 Å². The first kappa shape index (κ1) is 20.9. The lowest BCUT2D eigenvalue weighted by Crippen LogP contribution is -2.38. The van der Waals surface area contributed by atoms with E-state index in [4.69, 9.17) is 0 Å². The summed E-state index contributed by atoms with van der Waals surface area (Å²) in [5, 5.41) is 6.60. The monoisotopic (exact) mass is 498 g/mol. The first-order chi connectivity index (χ1) is 11.6. The van der Waals surface area contributed by atoms with Crippen molar-refractivity contribution in [1.82, 2.24) is 14.9 Å². The van der Waals surface area contributed by atoms with Crippen LogP contribution in [0.3, 0.4) is 0 Å². The number of nitrogens with one attached hydrogen (secondary N) is 2. The van der Waals surface area contributed by atoms with Crippen LogP contribution in [0.2, 0.25) is 0 Å². The maximum Gasteiger partial charge on any atom is 0.252 e. The van der Waals surface area contributed by atoms with E-state index < -0.39 is 10.0 Å². The first-order valence-electron chi connectivity index (χ1n) is 8.73. The average molecular weight is 498 g/mol. The van der Waals surface area contributed by atoms with E-state index in [0.29, 0.717) is 29.9 Å². The summed E-state index contributed by atoms with van der Waals surface area (Å²) in [7, 11) is -3.33. The molecule has 0 aromatic carbocycles. The fourth-order valence-corrected chi connectivity index (χ4v) is 5.66. The first-order valence-corrected chi connectivity index (χ1v) is 11.0. The molecule has 1 aromatic heterocycles. The van der Waals surface area contributed by atoms with Crippen molar-refractivity contribution in [3.8, 4) is 0 Å². The Bertz CT molecular complexity index is 680.